The number of hydrogen-bond acceptors (Lipinski definition) is 6. The van der Waals surface area contributed by atoms with Crippen LogP contribution in [-0.2, 0) is 21.3 Å². The summed E-state index contributed by atoms with van der Waals surface area (Å²) >= 11 is 0. The lowest BCUT2D eigenvalue weighted by atomic mass is 10.1. The maximum Gasteiger partial charge on any atom is 0.534 e. The fraction of sp³-hybridized carbons (Fsp3) is 0.409. The predicted octanol–water partition coefficient (Wildman–Crippen LogP) is 4.43. The molecule has 0 aromatic heterocycles. The van der Waals surface area contributed by atoms with Crippen LogP contribution in [-0.4, -0.2) is 48.7 Å². The van der Waals surface area contributed by atoms with E-state index in [4.69, 9.17) is 4.74 Å². The molecule has 0 radical (unpaired) electrons. The molecule has 0 heterocycles. The molecule has 2 aromatic rings. The van der Waals surface area contributed by atoms with Crippen molar-refractivity contribution in [3.63, 3.8) is 0 Å². The van der Waals surface area contributed by atoms with Crippen LogP contribution < -0.4 is 4.18 Å². The van der Waals surface area contributed by atoms with Gasteiger partial charge in [0.15, 0.2) is 0 Å². The minimum atomic E-state index is -5.76. The normalized spacial score (nSPS) is 13.3. The third kappa shape index (κ3) is 8.25. The SMILES string of the molecule is CC(C)(C)OC(=O)N(CCc1ccc(OS(=O)(=O)C(F)(F)F)cc1)C[C@H](O)c1ccccc1. The zero-order valence-electron chi connectivity index (χ0n) is 18.4. The maximum absolute atomic E-state index is 12.7. The van der Waals surface area contributed by atoms with E-state index in [2.05, 4.69) is 4.18 Å². The molecule has 2 aromatic carbocycles. The Balaban J connectivity index is 2.09. The van der Waals surface area contributed by atoms with E-state index in [9.17, 15) is 31.5 Å². The Morgan fingerprint density at radius 2 is 1.61 bits per heavy atom. The molecule has 7 nitrogen and oxygen atoms in total. The smallest absolute Gasteiger partial charge is 0.444 e. The molecule has 0 saturated carbocycles. The van der Waals surface area contributed by atoms with Crippen molar-refractivity contribution in [1.82, 2.24) is 4.90 Å². The number of hydrogen-bond donors (Lipinski definition) is 1. The van der Waals surface area contributed by atoms with Gasteiger partial charge in [0.1, 0.15) is 11.4 Å². The van der Waals surface area contributed by atoms with Gasteiger partial charge in [-0.05, 0) is 50.5 Å². The lowest BCUT2D eigenvalue weighted by Crippen LogP contribution is -2.40. The minimum absolute atomic E-state index is 0.0378. The summed E-state index contributed by atoms with van der Waals surface area (Å²) in [5.74, 6) is -0.487. The molecule has 0 saturated heterocycles. The molecule has 1 amide bonds. The van der Waals surface area contributed by atoms with Crippen molar-refractivity contribution in [1.29, 1.82) is 0 Å². The van der Waals surface area contributed by atoms with E-state index in [1.165, 1.54) is 17.0 Å². The number of carbonyl (C=O) groups is 1. The van der Waals surface area contributed by atoms with E-state index in [1.54, 1.807) is 51.1 Å². The molecule has 1 N–H and O–H groups in total. The molecule has 0 unspecified atom stereocenters. The van der Waals surface area contributed by atoms with Gasteiger partial charge in [-0.3, -0.25) is 0 Å². The fourth-order valence-electron chi connectivity index (χ4n) is 2.72. The number of benzene rings is 2. The van der Waals surface area contributed by atoms with Gasteiger partial charge < -0.3 is 18.9 Å². The Kier molecular flexibility index (Phi) is 8.36. The standard InChI is InChI=1S/C22H26F3NO6S/c1-21(2,3)31-20(28)26(15-19(27)17-7-5-4-6-8-17)14-13-16-9-11-18(12-10-16)32-33(29,30)22(23,24)25/h4-12,19,27H,13-15H2,1-3H3/t19-/m0/s1. The minimum Gasteiger partial charge on any atom is -0.444 e. The van der Waals surface area contributed by atoms with Gasteiger partial charge in [0, 0.05) is 6.54 Å². The fourth-order valence-corrected chi connectivity index (χ4v) is 3.18. The van der Waals surface area contributed by atoms with Crippen LogP contribution in [0.4, 0.5) is 18.0 Å². The van der Waals surface area contributed by atoms with Gasteiger partial charge in [0.25, 0.3) is 0 Å². The van der Waals surface area contributed by atoms with Gasteiger partial charge in [0.2, 0.25) is 0 Å². The molecule has 182 valence electrons. The first-order valence-corrected chi connectivity index (χ1v) is 11.4. The van der Waals surface area contributed by atoms with Crippen molar-refractivity contribution in [2.45, 2.75) is 44.4 Å². The highest BCUT2D eigenvalue weighted by Gasteiger charge is 2.48. The van der Waals surface area contributed by atoms with E-state index in [-0.39, 0.29) is 19.5 Å². The van der Waals surface area contributed by atoms with Crippen LogP contribution in [0.3, 0.4) is 0 Å². The number of amides is 1. The number of aliphatic hydroxyl groups is 1. The summed E-state index contributed by atoms with van der Waals surface area (Å²) in [4.78, 5) is 14.0. The van der Waals surface area contributed by atoms with Crippen molar-refractivity contribution >= 4 is 16.2 Å². The monoisotopic (exact) mass is 489 g/mol. The summed E-state index contributed by atoms with van der Waals surface area (Å²) in [6, 6.07) is 13.7. The average molecular weight is 490 g/mol. The molecular weight excluding hydrogens is 463 g/mol. The van der Waals surface area contributed by atoms with Crippen molar-refractivity contribution in [3.8, 4) is 5.75 Å². The van der Waals surface area contributed by atoms with Crippen LogP contribution >= 0.6 is 0 Å². The maximum atomic E-state index is 12.7. The van der Waals surface area contributed by atoms with Crippen molar-refractivity contribution < 1.29 is 40.4 Å². The average Bonchev–Trinajstić information content (AvgIpc) is 2.70. The van der Waals surface area contributed by atoms with Gasteiger partial charge in [-0.2, -0.15) is 21.6 Å². The molecule has 0 aliphatic heterocycles. The zero-order valence-corrected chi connectivity index (χ0v) is 19.2. The molecule has 2 rings (SSSR count). The third-order valence-corrected chi connectivity index (χ3v) is 5.29. The molecule has 33 heavy (non-hydrogen) atoms. The molecule has 11 heteroatoms. The number of alkyl halides is 3. The molecule has 0 aliphatic carbocycles. The number of nitrogens with zero attached hydrogens (tertiary/aromatic N) is 1. The van der Waals surface area contributed by atoms with Gasteiger partial charge in [-0.1, -0.05) is 42.5 Å². The first-order chi connectivity index (χ1) is 15.2. The van der Waals surface area contributed by atoms with Crippen LogP contribution in [0.5, 0.6) is 5.75 Å². The largest absolute Gasteiger partial charge is 0.534 e. The summed E-state index contributed by atoms with van der Waals surface area (Å²) in [7, 11) is -5.76. The Labute approximate surface area is 190 Å². The number of rotatable bonds is 8. The summed E-state index contributed by atoms with van der Waals surface area (Å²) in [6.07, 6.45) is -1.32. The summed E-state index contributed by atoms with van der Waals surface area (Å²) in [5, 5.41) is 10.5. The first kappa shape index (κ1) is 26.5. The van der Waals surface area contributed by atoms with E-state index in [0.717, 1.165) is 12.1 Å². The van der Waals surface area contributed by atoms with E-state index < -0.39 is 39.2 Å². The number of ether oxygens (including phenoxy) is 1. The Bertz CT molecular complexity index is 1020. The first-order valence-electron chi connectivity index (χ1n) is 9.98. The van der Waals surface area contributed by atoms with E-state index in [1.807, 2.05) is 0 Å². The van der Waals surface area contributed by atoms with Gasteiger partial charge in [-0.25, -0.2) is 4.79 Å². The molecule has 1 atom stereocenters. The summed E-state index contributed by atoms with van der Waals surface area (Å²) < 4.78 is 69.0. The Morgan fingerprint density at radius 1 is 1.03 bits per heavy atom. The Morgan fingerprint density at radius 3 is 2.12 bits per heavy atom. The quantitative estimate of drug-likeness (QED) is 0.436. The van der Waals surface area contributed by atoms with Crippen LogP contribution in [0.15, 0.2) is 54.6 Å². The highest BCUT2D eigenvalue weighted by atomic mass is 32.2. The lowest BCUT2D eigenvalue weighted by Gasteiger charge is -2.29. The van der Waals surface area contributed by atoms with Gasteiger partial charge in [-0.15, -0.1) is 0 Å². The number of aliphatic hydroxyl groups excluding tert-OH is 1. The van der Waals surface area contributed by atoms with Crippen molar-refractivity contribution in [3.05, 3.63) is 65.7 Å². The summed E-state index contributed by atoms with van der Waals surface area (Å²) in [5.41, 5.74) is -5.05. The van der Waals surface area contributed by atoms with Gasteiger partial charge >= 0.3 is 21.7 Å². The molecule has 0 fully saturated rings. The summed E-state index contributed by atoms with van der Waals surface area (Å²) in [6.45, 7) is 5.24. The van der Waals surface area contributed by atoms with Crippen LogP contribution in [0.25, 0.3) is 0 Å². The third-order valence-electron chi connectivity index (χ3n) is 4.31. The molecule has 0 bridgehead atoms. The van der Waals surface area contributed by atoms with Crippen LogP contribution in [0.2, 0.25) is 0 Å². The van der Waals surface area contributed by atoms with Crippen LogP contribution in [0.1, 0.15) is 38.0 Å². The molecular formula is C22H26F3NO6S. The second-order valence-corrected chi connectivity index (χ2v) is 9.77. The van der Waals surface area contributed by atoms with E-state index in [0.29, 0.717) is 11.1 Å². The predicted molar refractivity (Wildman–Crippen MR) is 115 cm³/mol. The zero-order chi connectivity index (χ0) is 24.9. The molecule has 0 aliphatic rings. The van der Waals surface area contributed by atoms with Gasteiger partial charge in [0.05, 0.1) is 12.6 Å². The highest BCUT2D eigenvalue weighted by Crippen LogP contribution is 2.27. The van der Waals surface area contributed by atoms with Crippen molar-refractivity contribution in [2.75, 3.05) is 13.1 Å². The van der Waals surface area contributed by atoms with Crippen molar-refractivity contribution in [2.24, 2.45) is 0 Å². The Hall–Kier alpha value is -2.79. The topological polar surface area (TPSA) is 93.1 Å². The lowest BCUT2D eigenvalue weighted by molar-refractivity contribution is -0.0500. The second-order valence-electron chi connectivity index (χ2n) is 8.23. The molecule has 0 spiro atoms. The number of halogens is 3. The number of carbonyl (C=O) groups excluding carboxylic acids is 1. The van der Waals surface area contributed by atoms with E-state index >= 15 is 0 Å². The highest BCUT2D eigenvalue weighted by molar-refractivity contribution is 7.88. The second kappa shape index (κ2) is 10.4. The van der Waals surface area contributed by atoms with Crippen LogP contribution in [0, 0.1) is 0 Å².